The topological polar surface area (TPSA) is 61.2 Å². The van der Waals surface area contributed by atoms with Gasteiger partial charge in [0.1, 0.15) is 5.82 Å². The van der Waals surface area contributed by atoms with Crippen LogP contribution in [-0.4, -0.2) is 15.5 Å². The number of aryl methyl sites for hydroxylation is 1. The Morgan fingerprint density at radius 2 is 1.90 bits per heavy atom. The van der Waals surface area contributed by atoms with Gasteiger partial charge in [0, 0.05) is 7.05 Å². The molecule has 0 heterocycles. The highest BCUT2D eigenvalue weighted by Crippen LogP contribution is 2.25. The highest BCUT2D eigenvalue weighted by atomic mass is 32.2. The first-order valence-electron chi connectivity index (χ1n) is 6.11. The lowest BCUT2D eigenvalue weighted by Gasteiger charge is -2.20. The van der Waals surface area contributed by atoms with Gasteiger partial charge in [0.05, 0.1) is 22.2 Å². The van der Waals surface area contributed by atoms with Crippen molar-refractivity contribution >= 4 is 15.7 Å². The molecule has 0 saturated carbocycles. The summed E-state index contributed by atoms with van der Waals surface area (Å²) in [6.45, 7) is 1.65. The summed E-state index contributed by atoms with van der Waals surface area (Å²) in [6.07, 6.45) is 0. The minimum Gasteiger partial charge on any atom is -0.269 e. The van der Waals surface area contributed by atoms with Gasteiger partial charge in [-0.25, -0.2) is 12.8 Å². The highest BCUT2D eigenvalue weighted by molar-refractivity contribution is 7.92. The number of nitriles is 1. The molecule has 2 aromatic rings. The molecule has 0 aromatic heterocycles. The third kappa shape index (κ3) is 2.88. The number of sulfonamides is 1. The first kappa shape index (κ1) is 15.0. The van der Waals surface area contributed by atoms with Crippen LogP contribution in [0.25, 0.3) is 0 Å². The van der Waals surface area contributed by atoms with Gasteiger partial charge in [0.25, 0.3) is 10.0 Å². The lowest BCUT2D eigenvalue weighted by molar-refractivity contribution is 0.593. The average Bonchev–Trinajstić information content (AvgIpc) is 2.46. The SMILES string of the molecule is Cc1ccc(C#N)cc1S(=O)(=O)N(C)c1cccc(F)c1. The van der Waals surface area contributed by atoms with Crippen LogP contribution in [-0.2, 0) is 10.0 Å². The summed E-state index contributed by atoms with van der Waals surface area (Å²) in [4.78, 5) is 0.0355. The summed E-state index contributed by atoms with van der Waals surface area (Å²) in [7, 11) is -2.51. The number of hydrogen-bond acceptors (Lipinski definition) is 3. The third-order valence-electron chi connectivity index (χ3n) is 3.13. The van der Waals surface area contributed by atoms with E-state index in [4.69, 9.17) is 5.26 Å². The van der Waals surface area contributed by atoms with E-state index >= 15 is 0 Å². The normalized spacial score (nSPS) is 11.0. The zero-order valence-corrected chi connectivity index (χ0v) is 12.4. The number of benzene rings is 2. The van der Waals surface area contributed by atoms with Crippen molar-refractivity contribution < 1.29 is 12.8 Å². The maximum absolute atomic E-state index is 13.3. The number of nitrogens with zero attached hydrogens (tertiary/aromatic N) is 2. The summed E-state index contributed by atoms with van der Waals surface area (Å²) < 4.78 is 39.5. The van der Waals surface area contributed by atoms with Gasteiger partial charge in [0.2, 0.25) is 0 Å². The molecule has 0 radical (unpaired) electrons. The summed E-state index contributed by atoms with van der Waals surface area (Å²) in [5.41, 5.74) is 1.00. The van der Waals surface area contributed by atoms with Crippen molar-refractivity contribution in [2.75, 3.05) is 11.4 Å². The quantitative estimate of drug-likeness (QED) is 0.876. The smallest absolute Gasteiger partial charge is 0.264 e. The van der Waals surface area contributed by atoms with E-state index in [1.165, 1.54) is 31.3 Å². The molecule has 0 atom stereocenters. The van der Waals surface area contributed by atoms with Crippen molar-refractivity contribution in [2.45, 2.75) is 11.8 Å². The minimum absolute atomic E-state index is 0.0355. The number of rotatable bonds is 3. The van der Waals surface area contributed by atoms with E-state index in [0.29, 0.717) is 5.56 Å². The van der Waals surface area contributed by atoms with Gasteiger partial charge in [-0.05, 0) is 42.8 Å². The second-order valence-electron chi connectivity index (χ2n) is 4.54. The zero-order chi connectivity index (χ0) is 15.6. The molecule has 0 aliphatic rings. The summed E-state index contributed by atoms with van der Waals surface area (Å²) in [5, 5.41) is 8.90. The Morgan fingerprint density at radius 1 is 1.19 bits per heavy atom. The predicted octanol–water partition coefficient (Wildman–Crippen LogP) is 2.83. The van der Waals surface area contributed by atoms with Crippen molar-refractivity contribution in [1.82, 2.24) is 0 Å². The number of halogens is 1. The van der Waals surface area contributed by atoms with Crippen LogP contribution in [0, 0.1) is 24.1 Å². The number of anilines is 1. The van der Waals surface area contributed by atoms with Gasteiger partial charge in [-0.1, -0.05) is 12.1 Å². The van der Waals surface area contributed by atoms with Crippen LogP contribution in [0.15, 0.2) is 47.4 Å². The minimum atomic E-state index is -3.86. The average molecular weight is 304 g/mol. The van der Waals surface area contributed by atoms with Crippen molar-refractivity contribution in [3.05, 3.63) is 59.4 Å². The molecule has 2 rings (SSSR count). The van der Waals surface area contributed by atoms with E-state index < -0.39 is 15.8 Å². The van der Waals surface area contributed by atoms with Gasteiger partial charge in [0.15, 0.2) is 0 Å². The highest BCUT2D eigenvalue weighted by Gasteiger charge is 2.23. The molecule has 0 bridgehead atoms. The van der Waals surface area contributed by atoms with E-state index in [0.717, 1.165) is 10.4 Å². The van der Waals surface area contributed by atoms with E-state index in [1.54, 1.807) is 19.1 Å². The Balaban J connectivity index is 2.54. The second kappa shape index (κ2) is 5.54. The molecule has 21 heavy (non-hydrogen) atoms. The molecule has 0 aliphatic heterocycles. The fourth-order valence-electron chi connectivity index (χ4n) is 1.91. The standard InChI is InChI=1S/C15H13FN2O2S/c1-11-6-7-12(10-17)8-15(11)21(19,20)18(2)14-5-3-4-13(16)9-14/h3-9H,1-2H3. The van der Waals surface area contributed by atoms with Crippen LogP contribution in [0.1, 0.15) is 11.1 Å². The molecule has 4 nitrogen and oxygen atoms in total. The van der Waals surface area contributed by atoms with Gasteiger partial charge < -0.3 is 0 Å². The summed E-state index contributed by atoms with van der Waals surface area (Å²) in [6, 6.07) is 11.7. The molecule has 0 fully saturated rings. The lowest BCUT2D eigenvalue weighted by Crippen LogP contribution is -2.27. The Labute approximate surface area is 123 Å². The molecule has 0 saturated heterocycles. The van der Waals surface area contributed by atoms with E-state index in [9.17, 15) is 12.8 Å². The maximum Gasteiger partial charge on any atom is 0.264 e. The predicted molar refractivity (Wildman–Crippen MR) is 77.9 cm³/mol. The van der Waals surface area contributed by atoms with Crippen molar-refractivity contribution in [3.8, 4) is 6.07 Å². The van der Waals surface area contributed by atoms with Crippen LogP contribution >= 0.6 is 0 Å². The molecule has 0 N–H and O–H groups in total. The molecular weight excluding hydrogens is 291 g/mol. The molecule has 0 amide bonds. The van der Waals surface area contributed by atoms with Crippen LogP contribution in [0.4, 0.5) is 10.1 Å². The largest absolute Gasteiger partial charge is 0.269 e. The molecule has 2 aromatic carbocycles. The Morgan fingerprint density at radius 3 is 2.52 bits per heavy atom. The fraction of sp³-hybridized carbons (Fsp3) is 0.133. The zero-order valence-electron chi connectivity index (χ0n) is 11.5. The molecule has 0 aliphatic carbocycles. The van der Waals surface area contributed by atoms with Gasteiger partial charge in [-0.15, -0.1) is 0 Å². The Hall–Kier alpha value is -2.39. The monoisotopic (exact) mass is 304 g/mol. The maximum atomic E-state index is 13.3. The van der Waals surface area contributed by atoms with Crippen LogP contribution in [0.3, 0.4) is 0 Å². The fourth-order valence-corrected chi connectivity index (χ4v) is 3.34. The summed E-state index contributed by atoms with van der Waals surface area (Å²) in [5.74, 6) is -0.517. The van der Waals surface area contributed by atoms with E-state index in [2.05, 4.69) is 0 Å². The van der Waals surface area contributed by atoms with Crippen LogP contribution in [0.2, 0.25) is 0 Å². The van der Waals surface area contributed by atoms with Gasteiger partial charge in [-0.2, -0.15) is 5.26 Å². The first-order chi connectivity index (χ1) is 9.86. The van der Waals surface area contributed by atoms with Crippen molar-refractivity contribution in [3.63, 3.8) is 0 Å². The Bertz CT molecular complexity index is 826. The molecule has 0 spiro atoms. The van der Waals surface area contributed by atoms with Crippen LogP contribution < -0.4 is 4.31 Å². The molecular formula is C15H13FN2O2S. The third-order valence-corrected chi connectivity index (χ3v) is 5.06. The molecule has 108 valence electrons. The van der Waals surface area contributed by atoms with Crippen LogP contribution in [0.5, 0.6) is 0 Å². The van der Waals surface area contributed by atoms with E-state index in [-0.39, 0.29) is 16.1 Å². The van der Waals surface area contributed by atoms with Gasteiger partial charge in [-0.3, -0.25) is 4.31 Å². The summed E-state index contributed by atoms with van der Waals surface area (Å²) >= 11 is 0. The van der Waals surface area contributed by atoms with Crippen molar-refractivity contribution in [1.29, 1.82) is 5.26 Å². The lowest BCUT2D eigenvalue weighted by atomic mass is 10.2. The molecule has 0 unspecified atom stereocenters. The Kier molecular flexibility index (Phi) is 3.96. The second-order valence-corrected chi connectivity index (χ2v) is 6.48. The molecule has 6 heteroatoms. The van der Waals surface area contributed by atoms with Gasteiger partial charge >= 0.3 is 0 Å². The van der Waals surface area contributed by atoms with Crippen molar-refractivity contribution in [2.24, 2.45) is 0 Å². The number of hydrogen-bond donors (Lipinski definition) is 0. The first-order valence-corrected chi connectivity index (χ1v) is 7.55. The van der Waals surface area contributed by atoms with E-state index in [1.807, 2.05) is 6.07 Å².